The minimum absolute atomic E-state index is 0.0207. The maximum atomic E-state index is 11.9. The maximum Gasteiger partial charge on any atom is 0.187 e. The van der Waals surface area contributed by atoms with E-state index in [4.69, 9.17) is 18.9 Å². The molecule has 0 bridgehead atoms. The molecule has 55 heavy (non-hydrogen) atoms. The Balaban J connectivity index is 1.23. The smallest absolute Gasteiger partial charge is 0.187 e. The van der Waals surface area contributed by atoms with Crippen molar-refractivity contribution in [1.29, 1.82) is 0 Å². The summed E-state index contributed by atoms with van der Waals surface area (Å²) in [5, 5.41) is 96.8. The topological polar surface area (TPSA) is 219 Å². The molecule has 4 aliphatic carbocycles. The number of ether oxygens (including phenoxy) is 4. The van der Waals surface area contributed by atoms with E-state index in [0.717, 1.165) is 51.4 Å². The Morgan fingerprint density at radius 1 is 0.709 bits per heavy atom. The van der Waals surface area contributed by atoms with Crippen molar-refractivity contribution in [2.24, 2.45) is 45.3 Å². The molecule has 6 rings (SSSR count). The van der Waals surface area contributed by atoms with Crippen LogP contribution in [0.3, 0.4) is 0 Å². The second-order valence-electron chi connectivity index (χ2n) is 19.9. The molecule has 9 N–H and O–H groups in total. The van der Waals surface area contributed by atoms with E-state index in [1.165, 1.54) is 5.57 Å². The van der Waals surface area contributed by atoms with E-state index in [0.29, 0.717) is 18.8 Å². The molecule has 13 nitrogen and oxygen atoms in total. The third-order valence-corrected chi connectivity index (χ3v) is 16.6. The molecular weight excluding hydrogens is 712 g/mol. The fourth-order valence-corrected chi connectivity index (χ4v) is 13.3. The van der Waals surface area contributed by atoms with E-state index >= 15 is 0 Å². The van der Waals surface area contributed by atoms with Crippen LogP contribution in [0.25, 0.3) is 0 Å². The van der Waals surface area contributed by atoms with Crippen molar-refractivity contribution in [3.63, 3.8) is 0 Å². The van der Waals surface area contributed by atoms with Crippen LogP contribution in [-0.2, 0) is 18.9 Å². The van der Waals surface area contributed by atoms with Gasteiger partial charge in [0.05, 0.1) is 24.9 Å². The Hall–Kier alpha value is -0.780. The SMILES string of the molecule is CC(C)=CCCC(C)(O)C1CCC2(C)C1CCC1C3(CO)CCC(OC4OC(CO)C(O)C(O)C4OC4OC(CO)C(O)C(O)C4O)C(C)(C)C3CCC12C. The first kappa shape index (κ1) is 43.8. The molecule has 19 atom stereocenters. The van der Waals surface area contributed by atoms with Crippen molar-refractivity contribution < 1.29 is 64.9 Å². The molecule has 0 aromatic carbocycles. The molecule has 6 aliphatic rings. The van der Waals surface area contributed by atoms with Gasteiger partial charge >= 0.3 is 0 Å². The molecule has 2 saturated heterocycles. The highest BCUT2D eigenvalue weighted by molar-refractivity contribution is 5.19. The molecule has 0 radical (unpaired) electrons. The molecule has 0 aromatic heterocycles. The first-order valence-electron chi connectivity index (χ1n) is 20.9. The predicted octanol–water partition coefficient (Wildman–Crippen LogP) is 2.15. The number of rotatable bonds is 11. The lowest BCUT2D eigenvalue weighted by atomic mass is 9.35. The third kappa shape index (κ3) is 7.20. The average Bonchev–Trinajstić information content (AvgIpc) is 3.50. The zero-order valence-corrected chi connectivity index (χ0v) is 34.1. The summed E-state index contributed by atoms with van der Waals surface area (Å²) in [6.45, 7) is 14.3. The van der Waals surface area contributed by atoms with Crippen molar-refractivity contribution in [1.82, 2.24) is 0 Å². The van der Waals surface area contributed by atoms with E-state index in [-0.39, 0.29) is 40.6 Å². The molecule has 2 aliphatic heterocycles. The van der Waals surface area contributed by atoms with Crippen LogP contribution in [0.1, 0.15) is 113 Å². The molecule has 318 valence electrons. The van der Waals surface area contributed by atoms with Crippen molar-refractivity contribution in [3.05, 3.63) is 11.6 Å². The third-order valence-electron chi connectivity index (χ3n) is 16.6. The Bertz CT molecular complexity index is 1350. The number of aliphatic hydroxyl groups excluding tert-OH is 8. The van der Waals surface area contributed by atoms with E-state index in [9.17, 15) is 46.0 Å². The summed E-state index contributed by atoms with van der Waals surface area (Å²) < 4.78 is 24.3. The lowest BCUT2D eigenvalue weighted by molar-refractivity contribution is -0.379. The van der Waals surface area contributed by atoms with Gasteiger partial charge in [-0.15, -0.1) is 0 Å². The Kier molecular flexibility index (Phi) is 12.7. The highest BCUT2D eigenvalue weighted by atomic mass is 16.8. The summed E-state index contributed by atoms with van der Waals surface area (Å²) in [6.07, 6.45) is -4.59. The minimum Gasteiger partial charge on any atom is -0.396 e. The van der Waals surface area contributed by atoms with E-state index < -0.39 is 91.7 Å². The van der Waals surface area contributed by atoms with Gasteiger partial charge in [-0.25, -0.2) is 0 Å². The van der Waals surface area contributed by atoms with Gasteiger partial charge in [-0.2, -0.15) is 0 Å². The summed E-state index contributed by atoms with van der Waals surface area (Å²) in [7, 11) is 0. The highest BCUT2D eigenvalue weighted by Crippen LogP contribution is 2.76. The number of fused-ring (bicyclic) bond motifs is 5. The summed E-state index contributed by atoms with van der Waals surface area (Å²) in [5.41, 5.74) is -0.350. The normalized spacial score (nSPS) is 50.7. The Morgan fingerprint density at radius 2 is 1.33 bits per heavy atom. The summed E-state index contributed by atoms with van der Waals surface area (Å²) in [4.78, 5) is 0. The maximum absolute atomic E-state index is 11.9. The van der Waals surface area contributed by atoms with Crippen LogP contribution >= 0.6 is 0 Å². The summed E-state index contributed by atoms with van der Waals surface area (Å²) in [6, 6.07) is 0. The van der Waals surface area contributed by atoms with Crippen molar-refractivity contribution in [2.45, 2.75) is 186 Å². The molecule has 2 heterocycles. The fraction of sp³-hybridized carbons (Fsp3) is 0.952. The van der Waals surface area contributed by atoms with Crippen molar-refractivity contribution in [2.75, 3.05) is 19.8 Å². The van der Waals surface area contributed by atoms with E-state index in [2.05, 4.69) is 47.6 Å². The monoisotopic (exact) mass is 784 g/mol. The van der Waals surface area contributed by atoms with Gasteiger partial charge in [-0.3, -0.25) is 0 Å². The second kappa shape index (κ2) is 16.0. The molecule has 4 saturated carbocycles. The number of allylic oxidation sites excluding steroid dienone is 2. The minimum atomic E-state index is -1.76. The first-order chi connectivity index (χ1) is 25.7. The number of hydrogen-bond acceptors (Lipinski definition) is 13. The number of aliphatic hydroxyl groups is 9. The molecule has 13 heteroatoms. The number of hydrogen-bond donors (Lipinski definition) is 9. The van der Waals surface area contributed by atoms with Gasteiger partial charge in [0.2, 0.25) is 0 Å². The van der Waals surface area contributed by atoms with Crippen LogP contribution in [0.2, 0.25) is 0 Å². The second-order valence-corrected chi connectivity index (χ2v) is 19.9. The lowest BCUT2D eigenvalue weighted by Crippen LogP contribution is -2.67. The Labute approximate surface area is 327 Å². The standard InChI is InChI=1S/C42H72O13/c1-22(2)9-8-15-41(7,51)24-12-16-39(5)23(24)10-11-28-40(39,6)17-13-27-38(3,4)29(14-18-42(27,28)21-45)54-37-35(33(49)31(47)26(20-44)53-37)55-36-34(50)32(48)30(46)25(19-43)52-36/h9,23-37,43-51H,8,10-21H2,1-7H3. The van der Waals surface area contributed by atoms with Crippen LogP contribution < -0.4 is 0 Å². The molecule has 0 spiro atoms. The van der Waals surface area contributed by atoms with Gasteiger partial charge in [0.1, 0.15) is 48.8 Å². The first-order valence-corrected chi connectivity index (χ1v) is 20.9. The molecule has 19 unspecified atom stereocenters. The molecule has 0 aromatic rings. The summed E-state index contributed by atoms with van der Waals surface area (Å²) in [5.74, 6) is 0.975. The van der Waals surface area contributed by atoms with Crippen LogP contribution in [-0.4, -0.2) is 139 Å². The largest absolute Gasteiger partial charge is 0.396 e. The van der Waals surface area contributed by atoms with Crippen LogP contribution in [0.4, 0.5) is 0 Å². The lowest BCUT2D eigenvalue weighted by Gasteiger charge is -2.70. The van der Waals surface area contributed by atoms with Crippen molar-refractivity contribution in [3.8, 4) is 0 Å². The predicted molar refractivity (Wildman–Crippen MR) is 201 cm³/mol. The van der Waals surface area contributed by atoms with Gasteiger partial charge in [0.25, 0.3) is 0 Å². The van der Waals surface area contributed by atoms with Gasteiger partial charge in [0.15, 0.2) is 12.6 Å². The summed E-state index contributed by atoms with van der Waals surface area (Å²) >= 11 is 0. The van der Waals surface area contributed by atoms with E-state index in [1.54, 1.807) is 0 Å². The quantitative estimate of drug-likeness (QED) is 0.109. The zero-order valence-electron chi connectivity index (χ0n) is 34.1. The highest BCUT2D eigenvalue weighted by Gasteiger charge is 2.71. The van der Waals surface area contributed by atoms with Crippen LogP contribution in [0.15, 0.2) is 11.6 Å². The molecule has 6 fully saturated rings. The zero-order chi connectivity index (χ0) is 40.5. The Morgan fingerprint density at radius 3 is 1.95 bits per heavy atom. The fourth-order valence-electron chi connectivity index (χ4n) is 13.3. The van der Waals surface area contributed by atoms with Crippen LogP contribution in [0.5, 0.6) is 0 Å². The van der Waals surface area contributed by atoms with Crippen molar-refractivity contribution >= 4 is 0 Å². The van der Waals surface area contributed by atoms with E-state index in [1.807, 2.05) is 6.92 Å². The average molecular weight is 785 g/mol. The van der Waals surface area contributed by atoms with Gasteiger partial charge in [-0.1, -0.05) is 39.3 Å². The van der Waals surface area contributed by atoms with Gasteiger partial charge in [-0.05, 0) is 125 Å². The van der Waals surface area contributed by atoms with Gasteiger partial charge < -0.3 is 64.9 Å². The van der Waals surface area contributed by atoms with Crippen LogP contribution in [0, 0.1) is 45.3 Å². The molecule has 0 amide bonds. The van der Waals surface area contributed by atoms with Gasteiger partial charge in [0, 0.05) is 12.0 Å². The molecular formula is C42H72O13.